The third-order valence-electron chi connectivity index (χ3n) is 2.15. The fourth-order valence-corrected chi connectivity index (χ4v) is 2.23. The van der Waals surface area contributed by atoms with Gasteiger partial charge in [-0.1, -0.05) is 19.8 Å². The SMILES string of the molecule is CCCCCSc1cc(C(F)(F)F)cc(N)n1. The van der Waals surface area contributed by atoms with Gasteiger partial charge in [0.2, 0.25) is 0 Å². The van der Waals surface area contributed by atoms with E-state index in [4.69, 9.17) is 5.73 Å². The molecular weight excluding hydrogens is 249 g/mol. The van der Waals surface area contributed by atoms with Crippen molar-refractivity contribution in [3.05, 3.63) is 17.7 Å². The van der Waals surface area contributed by atoms with Gasteiger partial charge in [0.05, 0.1) is 10.6 Å². The van der Waals surface area contributed by atoms with Crippen molar-refractivity contribution < 1.29 is 13.2 Å². The number of aromatic nitrogens is 1. The number of pyridine rings is 1. The maximum atomic E-state index is 12.5. The van der Waals surface area contributed by atoms with E-state index in [1.54, 1.807) is 0 Å². The number of halogens is 3. The lowest BCUT2D eigenvalue weighted by molar-refractivity contribution is -0.137. The Kier molecular flexibility index (Phi) is 5.11. The highest BCUT2D eigenvalue weighted by molar-refractivity contribution is 7.99. The number of thioether (sulfide) groups is 1. The van der Waals surface area contributed by atoms with Gasteiger partial charge in [-0.05, 0) is 24.3 Å². The third kappa shape index (κ3) is 4.85. The lowest BCUT2D eigenvalue weighted by Gasteiger charge is -2.09. The summed E-state index contributed by atoms with van der Waals surface area (Å²) in [4.78, 5) is 3.89. The maximum absolute atomic E-state index is 12.5. The minimum Gasteiger partial charge on any atom is -0.384 e. The first-order chi connectivity index (χ1) is 7.93. The van der Waals surface area contributed by atoms with Gasteiger partial charge in [0.25, 0.3) is 0 Å². The molecule has 0 saturated carbocycles. The predicted octanol–water partition coefficient (Wildman–Crippen LogP) is 3.96. The van der Waals surface area contributed by atoms with E-state index in [2.05, 4.69) is 11.9 Å². The summed E-state index contributed by atoms with van der Waals surface area (Å²) in [7, 11) is 0. The largest absolute Gasteiger partial charge is 0.416 e. The maximum Gasteiger partial charge on any atom is 0.416 e. The number of rotatable bonds is 5. The van der Waals surface area contributed by atoms with Gasteiger partial charge in [0, 0.05) is 0 Å². The van der Waals surface area contributed by atoms with Crippen molar-refractivity contribution in [1.29, 1.82) is 0 Å². The van der Waals surface area contributed by atoms with Crippen molar-refractivity contribution in [3.8, 4) is 0 Å². The van der Waals surface area contributed by atoms with E-state index in [0.29, 0.717) is 5.03 Å². The van der Waals surface area contributed by atoms with Gasteiger partial charge in [-0.2, -0.15) is 13.2 Å². The molecule has 0 spiro atoms. The molecule has 1 heterocycles. The first-order valence-corrected chi connectivity index (χ1v) is 6.39. The fourth-order valence-electron chi connectivity index (χ4n) is 1.29. The minimum atomic E-state index is -4.37. The molecular formula is C11H15F3N2S. The Bertz CT molecular complexity index is 366. The molecule has 0 saturated heterocycles. The highest BCUT2D eigenvalue weighted by atomic mass is 32.2. The molecule has 1 rings (SSSR count). The van der Waals surface area contributed by atoms with Gasteiger partial charge in [0.15, 0.2) is 0 Å². The summed E-state index contributed by atoms with van der Waals surface area (Å²) in [5.74, 6) is 0.680. The van der Waals surface area contributed by atoms with Crippen molar-refractivity contribution in [2.45, 2.75) is 37.4 Å². The lowest BCUT2D eigenvalue weighted by atomic mass is 10.2. The Labute approximate surface area is 103 Å². The van der Waals surface area contributed by atoms with E-state index in [1.165, 1.54) is 11.8 Å². The van der Waals surface area contributed by atoms with Gasteiger partial charge >= 0.3 is 6.18 Å². The van der Waals surface area contributed by atoms with Gasteiger partial charge in [0.1, 0.15) is 5.82 Å². The van der Waals surface area contributed by atoms with E-state index in [-0.39, 0.29) is 5.82 Å². The highest BCUT2D eigenvalue weighted by Crippen LogP contribution is 2.32. The standard InChI is InChI=1S/C11H15F3N2S/c1-2-3-4-5-17-10-7-8(11(12,13)14)6-9(15)16-10/h6-7H,2-5H2,1H3,(H2,15,16). The zero-order valence-corrected chi connectivity index (χ0v) is 10.4. The molecule has 6 heteroatoms. The molecule has 0 aliphatic rings. The van der Waals surface area contributed by atoms with Crippen LogP contribution in [-0.2, 0) is 6.18 Å². The second-order valence-corrected chi connectivity index (χ2v) is 4.79. The second-order valence-electron chi connectivity index (χ2n) is 3.67. The van der Waals surface area contributed by atoms with Crippen LogP contribution in [0.5, 0.6) is 0 Å². The first-order valence-electron chi connectivity index (χ1n) is 5.41. The summed E-state index contributed by atoms with van der Waals surface area (Å²) < 4.78 is 37.5. The van der Waals surface area contributed by atoms with Crippen LogP contribution in [0.3, 0.4) is 0 Å². The van der Waals surface area contributed by atoms with Gasteiger partial charge in [-0.3, -0.25) is 0 Å². The van der Waals surface area contributed by atoms with Crippen LogP contribution in [0.25, 0.3) is 0 Å². The Morgan fingerprint density at radius 2 is 2.00 bits per heavy atom. The summed E-state index contributed by atoms with van der Waals surface area (Å²) >= 11 is 1.31. The van der Waals surface area contributed by atoms with Crippen molar-refractivity contribution in [1.82, 2.24) is 4.98 Å². The summed E-state index contributed by atoms with van der Waals surface area (Å²) in [5.41, 5.74) is 4.63. The van der Waals surface area contributed by atoms with Crippen LogP contribution in [0, 0.1) is 0 Å². The van der Waals surface area contributed by atoms with Crippen molar-refractivity contribution in [2.24, 2.45) is 0 Å². The minimum absolute atomic E-state index is 0.0854. The Morgan fingerprint density at radius 3 is 2.59 bits per heavy atom. The van der Waals surface area contributed by atoms with E-state index in [9.17, 15) is 13.2 Å². The number of anilines is 1. The number of nitrogen functional groups attached to an aromatic ring is 1. The highest BCUT2D eigenvalue weighted by Gasteiger charge is 2.31. The van der Waals surface area contributed by atoms with Crippen LogP contribution in [0.15, 0.2) is 17.2 Å². The van der Waals surface area contributed by atoms with Gasteiger partial charge < -0.3 is 5.73 Å². The first kappa shape index (κ1) is 14.2. The Balaban J connectivity index is 2.69. The third-order valence-corrected chi connectivity index (χ3v) is 3.14. The summed E-state index contributed by atoms with van der Waals surface area (Å²) in [6.45, 7) is 2.07. The Morgan fingerprint density at radius 1 is 1.29 bits per heavy atom. The molecule has 0 amide bonds. The van der Waals surface area contributed by atoms with Crippen molar-refractivity contribution >= 4 is 17.6 Å². The molecule has 2 N–H and O–H groups in total. The molecule has 0 aliphatic heterocycles. The van der Waals surface area contributed by atoms with Crippen LogP contribution < -0.4 is 5.73 Å². The molecule has 2 nitrogen and oxygen atoms in total. The van der Waals surface area contributed by atoms with Gasteiger partial charge in [-0.15, -0.1) is 11.8 Å². The number of hydrogen-bond acceptors (Lipinski definition) is 3. The predicted molar refractivity (Wildman–Crippen MR) is 63.9 cm³/mol. The molecule has 0 aliphatic carbocycles. The number of unbranched alkanes of at least 4 members (excludes halogenated alkanes) is 2. The average Bonchev–Trinajstić information content (AvgIpc) is 2.22. The molecule has 0 unspecified atom stereocenters. The summed E-state index contributed by atoms with van der Waals surface area (Å²) in [6.07, 6.45) is -1.24. The Hall–Kier alpha value is -0.910. The van der Waals surface area contributed by atoms with Crippen LogP contribution in [-0.4, -0.2) is 10.7 Å². The number of alkyl halides is 3. The molecule has 17 heavy (non-hydrogen) atoms. The van der Waals surface area contributed by atoms with E-state index in [1.807, 2.05) is 0 Å². The smallest absolute Gasteiger partial charge is 0.384 e. The topological polar surface area (TPSA) is 38.9 Å². The van der Waals surface area contributed by atoms with Crippen LogP contribution in [0.4, 0.5) is 19.0 Å². The zero-order valence-electron chi connectivity index (χ0n) is 9.55. The molecule has 1 aromatic rings. The molecule has 0 aromatic carbocycles. The summed E-state index contributed by atoms with van der Waals surface area (Å²) in [5, 5.41) is 0.341. The van der Waals surface area contributed by atoms with Crippen molar-refractivity contribution in [3.63, 3.8) is 0 Å². The van der Waals surface area contributed by atoms with Crippen LogP contribution in [0.2, 0.25) is 0 Å². The molecule has 0 atom stereocenters. The quantitative estimate of drug-likeness (QED) is 0.646. The van der Waals surface area contributed by atoms with E-state index in [0.717, 1.165) is 37.1 Å². The molecule has 0 radical (unpaired) electrons. The average molecular weight is 264 g/mol. The molecule has 96 valence electrons. The van der Waals surface area contributed by atoms with E-state index >= 15 is 0 Å². The fraction of sp³-hybridized carbons (Fsp3) is 0.545. The number of hydrogen-bond donors (Lipinski definition) is 1. The normalized spacial score (nSPS) is 11.8. The number of nitrogens with two attached hydrogens (primary N) is 1. The van der Waals surface area contributed by atoms with Crippen molar-refractivity contribution in [2.75, 3.05) is 11.5 Å². The van der Waals surface area contributed by atoms with Gasteiger partial charge in [-0.25, -0.2) is 4.98 Å². The second kappa shape index (κ2) is 6.14. The van der Waals surface area contributed by atoms with E-state index < -0.39 is 11.7 Å². The lowest BCUT2D eigenvalue weighted by Crippen LogP contribution is -2.07. The van der Waals surface area contributed by atoms with Crippen LogP contribution >= 0.6 is 11.8 Å². The number of nitrogens with zero attached hydrogens (tertiary/aromatic N) is 1. The summed E-state index contributed by atoms with van der Waals surface area (Å²) in [6, 6.07) is 1.91. The monoisotopic (exact) mass is 264 g/mol. The molecule has 1 aromatic heterocycles. The van der Waals surface area contributed by atoms with Crippen LogP contribution in [0.1, 0.15) is 31.7 Å². The zero-order chi connectivity index (χ0) is 12.9. The molecule has 0 fully saturated rings. The molecule has 0 bridgehead atoms.